The van der Waals surface area contributed by atoms with Crippen molar-refractivity contribution in [2.24, 2.45) is 0 Å². The van der Waals surface area contributed by atoms with Crippen LogP contribution in [-0.4, -0.2) is 39.4 Å². The first-order chi connectivity index (χ1) is 8.49. The zero-order valence-electron chi connectivity index (χ0n) is 9.24. The number of carbonyl (C=O) groups is 2. The summed E-state index contributed by atoms with van der Waals surface area (Å²) in [6, 6.07) is 1.14. The first-order valence-corrected chi connectivity index (χ1v) is 6.12. The van der Waals surface area contributed by atoms with Gasteiger partial charge in [-0.1, -0.05) is 11.3 Å². The summed E-state index contributed by atoms with van der Waals surface area (Å²) in [6.45, 7) is -0.368. The number of carboxylic acid groups (broad SMARTS) is 1. The van der Waals surface area contributed by atoms with E-state index in [0.29, 0.717) is 0 Å². The van der Waals surface area contributed by atoms with E-state index in [9.17, 15) is 19.7 Å². The molecule has 8 heteroatoms. The minimum atomic E-state index is -1.08. The quantitative estimate of drug-likeness (QED) is 0.642. The number of thiophene rings is 1. The SMILES string of the molecule is O=C(O)CN(C(=O)c1csc([N+](=O)[O-])c1)C1CC1. The summed E-state index contributed by atoms with van der Waals surface area (Å²) in [4.78, 5) is 34.0. The Balaban J connectivity index is 2.16. The predicted octanol–water partition coefficient (Wildman–Crippen LogP) is 1.35. The molecule has 1 aliphatic carbocycles. The molecule has 0 radical (unpaired) electrons. The van der Waals surface area contributed by atoms with Gasteiger partial charge in [0.1, 0.15) is 6.54 Å². The normalized spacial score (nSPS) is 14.2. The average Bonchev–Trinajstić information content (AvgIpc) is 3.00. The minimum absolute atomic E-state index is 0.0486. The van der Waals surface area contributed by atoms with Crippen LogP contribution in [0.25, 0.3) is 0 Å². The molecule has 1 heterocycles. The van der Waals surface area contributed by atoms with Crippen LogP contribution < -0.4 is 0 Å². The summed E-state index contributed by atoms with van der Waals surface area (Å²) in [6.07, 6.45) is 1.57. The molecule has 0 saturated heterocycles. The Kier molecular flexibility index (Phi) is 3.28. The Hall–Kier alpha value is -1.96. The average molecular weight is 270 g/mol. The lowest BCUT2D eigenvalue weighted by Gasteiger charge is -2.19. The highest BCUT2D eigenvalue weighted by atomic mass is 32.1. The van der Waals surface area contributed by atoms with Gasteiger partial charge in [-0.15, -0.1) is 0 Å². The van der Waals surface area contributed by atoms with Crippen LogP contribution in [0.15, 0.2) is 11.4 Å². The first-order valence-electron chi connectivity index (χ1n) is 5.24. The largest absolute Gasteiger partial charge is 0.480 e. The summed E-state index contributed by atoms with van der Waals surface area (Å²) in [5.74, 6) is -1.54. The van der Waals surface area contributed by atoms with Gasteiger partial charge in [-0.3, -0.25) is 19.7 Å². The fourth-order valence-electron chi connectivity index (χ4n) is 1.60. The fourth-order valence-corrected chi connectivity index (χ4v) is 2.29. The number of hydrogen-bond donors (Lipinski definition) is 1. The molecule has 1 amide bonds. The first kappa shape index (κ1) is 12.5. The summed E-state index contributed by atoms with van der Waals surface area (Å²) >= 11 is 0.860. The van der Waals surface area contributed by atoms with E-state index < -0.39 is 16.8 Å². The van der Waals surface area contributed by atoms with Gasteiger partial charge in [0.2, 0.25) is 0 Å². The van der Waals surface area contributed by atoms with Gasteiger partial charge in [0, 0.05) is 17.5 Å². The van der Waals surface area contributed by atoms with E-state index in [1.54, 1.807) is 0 Å². The molecule has 1 N–H and O–H groups in total. The van der Waals surface area contributed by atoms with Gasteiger partial charge in [0.25, 0.3) is 5.91 Å². The Morgan fingerprint density at radius 3 is 2.67 bits per heavy atom. The molecule has 0 aromatic carbocycles. The number of carbonyl (C=O) groups excluding carboxylic acids is 1. The molecule has 0 bridgehead atoms. The Morgan fingerprint density at radius 1 is 1.56 bits per heavy atom. The van der Waals surface area contributed by atoms with Crippen LogP contribution >= 0.6 is 11.3 Å². The molecule has 1 fully saturated rings. The van der Waals surface area contributed by atoms with Gasteiger partial charge >= 0.3 is 11.0 Å². The van der Waals surface area contributed by atoms with E-state index in [2.05, 4.69) is 0 Å². The van der Waals surface area contributed by atoms with Gasteiger partial charge in [0.05, 0.1) is 10.5 Å². The van der Waals surface area contributed by atoms with E-state index >= 15 is 0 Å². The predicted molar refractivity (Wildman–Crippen MR) is 62.7 cm³/mol. The van der Waals surface area contributed by atoms with Crippen molar-refractivity contribution in [1.82, 2.24) is 4.90 Å². The van der Waals surface area contributed by atoms with Crippen molar-refractivity contribution in [3.05, 3.63) is 27.1 Å². The zero-order chi connectivity index (χ0) is 13.3. The van der Waals surface area contributed by atoms with Gasteiger partial charge in [0.15, 0.2) is 0 Å². The number of amides is 1. The van der Waals surface area contributed by atoms with Crippen molar-refractivity contribution in [3.8, 4) is 0 Å². The molecule has 1 aliphatic rings. The molecular formula is C10H10N2O5S. The van der Waals surface area contributed by atoms with Crippen LogP contribution in [-0.2, 0) is 4.79 Å². The molecule has 0 unspecified atom stereocenters. The van der Waals surface area contributed by atoms with Crippen molar-refractivity contribution in [2.45, 2.75) is 18.9 Å². The van der Waals surface area contributed by atoms with Crippen LogP contribution in [0.2, 0.25) is 0 Å². The Labute approximate surface area is 106 Å². The number of aliphatic carboxylic acids is 1. The number of carboxylic acids is 1. The van der Waals surface area contributed by atoms with Crippen molar-refractivity contribution in [3.63, 3.8) is 0 Å². The molecule has 18 heavy (non-hydrogen) atoms. The molecule has 1 saturated carbocycles. The van der Waals surface area contributed by atoms with Crippen molar-refractivity contribution in [1.29, 1.82) is 0 Å². The van der Waals surface area contributed by atoms with Crippen molar-refractivity contribution >= 4 is 28.2 Å². The van der Waals surface area contributed by atoms with Gasteiger partial charge in [-0.05, 0) is 12.8 Å². The number of nitro groups is 1. The smallest absolute Gasteiger partial charge is 0.324 e. The molecule has 96 valence electrons. The van der Waals surface area contributed by atoms with Crippen LogP contribution in [0.4, 0.5) is 5.00 Å². The minimum Gasteiger partial charge on any atom is -0.480 e. The molecule has 0 spiro atoms. The second-order valence-corrected chi connectivity index (χ2v) is 4.88. The molecular weight excluding hydrogens is 260 g/mol. The number of hydrogen-bond acceptors (Lipinski definition) is 5. The van der Waals surface area contributed by atoms with E-state index in [4.69, 9.17) is 5.11 Å². The van der Waals surface area contributed by atoms with E-state index in [1.165, 1.54) is 16.3 Å². The van der Waals surface area contributed by atoms with E-state index in [1.807, 2.05) is 0 Å². The maximum Gasteiger partial charge on any atom is 0.324 e. The maximum absolute atomic E-state index is 12.0. The summed E-state index contributed by atoms with van der Waals surface area (Å²) in [7, 11) is 0. The Morgan fingerprint density at radius 2 is 2.22 bits per heavy atom. The van der Waals surface area contributed by atoms with E-state index in [0.717, 1.165) is 24.2 Å². The highest BCUT2D eigenvalue weighted by Gasteiger charge is 2.35. The third-order valence-corrected chi connectivity index (χ3v) is 3.45. The van der Waals surface area contributed by atoms with E-state index in [-0.39, 0.29) is 23.2 Å². The highest BCUT2D eigenvalue weighted by molar-refractivity contribution is 7.13. The monoisotopic (exact) mass is 270 g/mol. The third-order valence-electron chi connectivity index (χ3n) is 2.57. The standard InChI is InChI=1S/C10H10N2O5S/c13-9(14)4-11(7-1-2-7)10(15)6-3-8(12(16)17)18-5-6/h3,5,7H,1-2,4H2,(H,13,14). The highest BCUT2D eigenvalue weighted by Crippen LogP contribution is 2.30. The van der Waals surface area contributed by atoms with Gasteiger partial charge in [-0.2, -0.15) is 0 Å². The summed E-state index contributed by atoms with van der Waals surface area (Å²) < 4.78 is 0. The van der Waals surface area contributed by atoms with Crippen LogP contribution in [0, 0.1) is 10.1 Å². The third kappa shape index (κ3) is 2.65. The van der Waals surface area contributed by atoms with Crippen LogP contribution in [0.1, 0.15) is 23.2 Å². The lowest BCUT2D eigenvalue weighted by Crippen LogP contribution is -2.37. The maximum atomic E-state index is 12.0. The fraction of sp³-hybridized carbons (Fsp3) is 0.400. The number of nitrogens with zero attached hydrogens (tertiary/aromatic N) is 2. The second-order valence-electron chi connectivity index (χ2n) is 3.99. The van der Waals surface area contributed by atoms with Crippen LogP contribution in [0.5, 0.6) is 0 Å². The molecule has 7 nitrogen and oxygen atoms in total. The molecule has 1 aromatic rings. The van der Waals surface area contributed by atoms with Crippen molar-refractivity contribution < 1.29 is 19.6 Å². The molecule has 0 aliphatic heterocycles. The number of rotatable bonds is 5. The van der Waals surface area contributed by atoms with Crippen molar-refractivity contribution in [2.75, 3.05) is 6.54 Å². The lowest BCUT2D eigenvalue weighted by atomic mass is 10.3. The van der Waals surface area contributed by atoms with Gasteiger partial charge < -0.3 is 10.0 Å². The zero-order valence-corrected chi connectivity index (χ0v) is 10.1. The summed E-state index contributed by atoms with van der Waals surface area (Å²) in [5, 5.41) is 20.5. The molecule has 2 rings (SSSR count). The topological polar surface area (TPSA) is 101 Å². The lowest BCUT2D eigenvalue weighted by molar-refractivity contribution is -0.380. The van der Waals surface area contributed by atoms with Gasteiger partial charge in [-0.25, -0.2) is 0 Å². The Bertz CT molecular complexity index is 508. The summed E-state index contributed by atoms with van der Waals surface area (Å²) in [5.41, 5.74) is 0.180. The molecule has 0 atom stereocenters. The van der Waals surface area contributed by atoms with Crippen LogP contribution in [0.3, 0.4) is 0 Å². The molecule has 1 aromatic heterocycles. The second kappa shape index (κ2) is 4.73.